The summed E-state index contributed by atoms with van der Waals surface area (Å²) in [6, 6.07) is 7.00. The number of methoxy groups -OCH3 is 1. The highest BCUT2D eigenvalue weighted by Gasteiger charge is 2.12. The highest BCUT2D eigenvalue weighted by molar-refractivity contribution is 6.32. The minimum atomic E-state index is -1.03. The molecule has 3 nitrogen and oxygen atoms in total. The Kier molecular flexibility index (Phi) is 3.76. The minimum Gasteiger partial charge on any atom is -0.495 e. The third-order valence-electron chi connectivity index (χ3n) is 2.55. The summed E-state index contributed by atoms with van der Waals surface area (Å²) in [5, 5.41) is 3.12. The zero-order valence-electron chi connectivity index (χ0n) is 10.0. The standard InChI is InChI=1S/C13H11ClF2N2O/c1-19-11-6-7(2-3-8(11)14)18-13-10(17)5-4-9(15)12(13)16/h2-6,18H,17H2,1H3. The van der Waals surface area contributed by atoms with Crippen LogP contribution in [0.3, 0.4) is 0 Å². The summed E-state index contributed by atoms with van der Waals surface area (Å²) in [6.45, 7) is 0. The number of nitrogen functional groups attached to an aromatic ring is 1. The van der Waals surface area contributed by atoms with E-state index in [1.54, 1.807) is 18.2 Å². The molecule has 0 aliphatic rings. The van der Waals surface area contributed by atoms with E-state index < -0.39 is 11.6 Å². The third kappa shape index (κ3) is 2.71. The molecule has 0 bridgehead atoms. The van der Waals surface area contributed by atoms with E-state index in [1.807, 2.05) is 0 Å². The Labute approximate surface area is 113 Å². The maximum atomic E-state index is 13.6. The lowest BCUT2D eigenvalue weighted by Gasteiger charge is -2.12. The van der Waals surface area contributed by atoms with Crippen LogP contribution >= 0.6 is 11.6 Å². The molecule has 2 aromatic rings. The van der Waals surface area contributed by atoms with Gasteiger partial charge in [0.25, 0.3) is 0 Å². The van der Waals surface area contributed by atoms with E-state index in [-0.39, 0.29) is 11.4 Å². The second kappa shape index (κ2) is 5.32. The maximum Gasteiger partial charge on any atom is 0.184 e. The molecular formula is C13H11ClF2N2O. The molecule has 0 aromatic heterocycles. The van der Waals surface area contributed by atoms with Gasteiger partial charge in [0.1, 0.15) is 11.4 Å². The van der Waals surface area contributed by atoms with E-state index in [0.717, 1.165) is 6.07 Å². The Morgan fingerprint density at radius 2 is 1.95 bits per heavy atom. The fraction of sp³-hybridized carbons (Fsp3) is 0.0769. The lowest BCUT2D eigenvalue weighted by molar-refractivity contribution is 0.415. The second-order valence-corrected chi connectivity index (χ2v) is 4.21. The summed E-state index contributed by atoms with van der Waals surface area (Å²) in [7, 11) is 1.46. The molecule has 0 aliphatic heterocycles. The molecule has 0 unspecified atom stereocenters. The number of hydrogen-bond donors (Lipinski definition) is 2. The van der Waals surface area contributed by atoms with Crippen molar-refractivity contribution in [1.29, 1.82) is 0 Å². The fourth-order valence-electron chi connectivity index (χ4n) is 1.57. The molecule has 0 fully saturated rings. The number of nitrogens with one attached hydrogen (secondary N) is 1. The van der Waals surface area contributed by atoms with Crippen molar-refractivity contribution in [3.63, 3.8) is 0 Å². The molecule has 0 saturated carbocycles. The summed E-state index contributed by atoms with van der Waals surface area (Å²) in [5.74, 6) is -1.59. The first-order valence-corrected chi connectivity index (χ1v) is 5.74. The Balaban J connectivity index is 2.39. The molecule has 0 saturated heterocycles. The number of halogens is 3. The zero-order chi connectivity index (χ0) is 14.0. The Morgan fingerprint density at radius 3 is 2.63 bits per heavy atom. The van der Waals surface area contributed by atoms with Gasteiger partial charge in [0.05, 0.1) is 17.8 Å². The predicted molar refractivity (Wildman–Crippen MR) is 72.1 cm³/mol. The van der Waals surface area contributed by atoms with Crippen molar-refractivity contribution >= 4 is 28.7 Å². The summed E-state index contributed by atoms with van der Waals surface area (Å²) in [5.41, 5.74) is 6.08. The smallest absolute Gasteiger partial charge is 0.184 e. The molecule has 0 spiro atoms. The second-order valence-electron chi connectivity index (χ2n) is 3.80. The van der Waals surface area contributed by atoms with Crippen molar-refractivity contribution in [2.75, 3.05) is 18.2 Å². The van der Waals surface area contributed by atoms with Gasteiger partial charge in [-0.1, -0.05) is 11.6 Å². The number of benzene rings is 2. The summed E-state index contributed by atoms with van der Waals surface area (Å²) in [6.07, 6.45) is 0. The van der Waals surface area contributed by atoms with Gasteiger partial charge >= 0.3 is 0 Å². The van der Waals surface area contributed by atoms with Gasteiger partial charge in [0, 0.05) is 11.8 Å². The lowest BCUT2D eigenvalue weighted by atomic mass is 10.2. The molecule has 0 heterocycles. The van der Waals surface area contributed by atoms with E-state index in [9.17, 15) is 8.78 Å². The van der Waals surface area contributed by atoms with Crippen LogP contribution < -0.4 is 15.8 Å². The quantitative estimate of drug-likeness (QED) is 0.839. The van der Waals surface area contributed by atoms with Crippen LogP contribution in [0.15, 0.2) is 30.3 Å². The SMILES string of the molecule is COc1cc(Nc2c(N)ccc(F)c2F)ccc1Cl. The van der Waals surface area contributed by atoms with Crippen molar-refractivity contribution in [3.05, 3.63) is 47.0 Å². The molecule has 3 N–H and O–H groups in total. The van der Waals surface area contributed by atoms with Crippen molar-refractivity contribution in [2.45, 2.75) is 0 Å². The molecule has 0 amide bonds. The van der Waals surface area contributed by atoms with Crippen LogP contribution in [0, 0.1) is 11.6 Å². The zero-order valence-corrected chi connectivity index (χ0v) is 10.8. The van der Waals surface area contributed by atoms with Crippen LogP contribution in [0.25, 0.3) is 0 Å². The molecular weight excluding hydrogens is 274 g/mol. The van der Waals surface area contributed by atoms with E-state index in [2.05, 4.69) is 5.32 Å². The van der Waals surface area contributed by atoms with Gasteiger partial charge in [0.2, 0.25) is 0 Å². The normalized spacial score (nSPS) is 10.3. The van der Waals surface area contributed by atoms with Crippen molar-refractivity contribution in [3.8, 4) is 5.75 Å². The lowest BCUT2D eigenvalue weighted by Crippen LogP contribution is -2.01. The van der Waals surface area contributed by atoms with Crippen molar-refractivity contribution < 1.29 is 13.5 Å². The average molecular weight is 285 g/mol. The fourth-order valence-corrected chi connectivity index (χ4v) is 1.77. The van der Waals surface area contributed by atoms with Gasteiger partial charge < -0.3 is 15.8 Å². The Morgan fingerprint density at radius 1 is 1.21 bits per heavy atom. The van der Waals surface area contributed by atoms with Crippen LogP contribution in [0.4, 0.5) is 25.8 Å². The minimum absolute atomic E-state index is 0.104. The van der Waals surface area contributed by atoms with Crippen LogP contribution in [-0.2, 0) is 0 Å². The van der Waals surface area contributed by atoms with Crippen LogP contribution in [-0.4, -0.2) is 7.11 Å². The van der Waals surface area contributed by atoms with Gasteiger partial charge in [0.15, 0.2) is 11.6 Å². The first-order valence-electron chi connectivity index (χ1n) is 5.37. The summed E-state index contributed by atoms with van der Waals surface area (Å²) in [4.78, 5) is 0. The monoisotopic (exact) mass is 284 g/mol. The highest BCUT2D eigenvalue weighted by Crippen LogP contribution is 2.32. The van der Waals surface area contributed by atoms with E-state index >= 15 is 0 Å². The molecule has 19 heavy (non-hydrogen) atoms. The number of anilines is 3. The first-order chi connectivity index (χ1) is 9.02. The van der Waals surface area contributed by atoms with Crippen LogP contribution in [0.2, 0.25) is 5.02 Å². The van der Waals surface area contributed by atoms with Gasteiger partial charge in [-0.3, -0.25) is 0 Å². The molecule has 0 aliphatic carbocycles. The van der Waals surface area contributed by atoms with E-state index in [4.69, 9.17) is 22.1 Å². The topological polar surface area (TPSA) is 47.3 Å². The molecule has 100 valence electrons. The number of ether oxygens (including phenoxy) is 1. The highest BCUT2D eigenvalue weighted by atomic mass is 35.5. The molecule has 2 aromatic carbocycles. The molecule has 0 radical (unpaired) electrons. The largest absolute Gasteiger partial charge is 0.495 e. The van der Waals surface area contributed by atoms with Crippen molar-refractivity contribution in [2.24, 2.45) is 0 Å². The van der Waals surface area contributed by atoms with Crippen LogP contribution in [0.5, 0.6) is 5.75 Å². The first kappa shape index (κ1) is 13.4. The predicted octanol–water partition coefficient (Wildman–Crippen LogP) is 3.95. The molecule has 0 atom stereocenters. The Hall–Kier alpha value is -2.01. The van der Waals surface area contributed by atoms with Crippen LogP contribution in [0.1, 0.15) is 0 Å². The molecule has 2 rings (SSSR count). The summed E-state index contributed by atoms with van der Waals surface area (Å²) < 4.78 is 31.8. The van der Waals surface area contributed by atoms with E-state index in [1.165, 1.54) is 13.2 Å². The average Bonchev–Trinajstić information content (AvgIpc) is 2.41. The molecule has 6 heteroatoms. The number of rotatable bonds is 3. The number of nitrogens with two attached hydrogens (primary N) is 1. The van der Waals surface area contributed by atoms with E-state index in [0.29, 0.717) is 16.5 Å². The van der Waals surface area contributed by atoms with Gasteiger partial charge in [-0.05, 0) is 24.3 Å². The van der Waals surface area contributed by atoms with Gasteiger partial charge in [-0.2, -0.15) is 0 Å². The number of hydrogen-bond acceptors (Lipinski definition) is 3. The summed E-state index contributed by atoms with van der Waals surface area (Å²) >= 11 is 5.88. The Bertz CT molecular complexity index is 620. The van der Waals surface area contributed by atoms with Gasteiger partial charge in [-0.25, -0.2) is 8.78 Å². The maximum absolute atomic E-state index is 13.6. The van der Waals surface area contributed by atoms with Crippen molar-refractivity contribution in [1.82, 2.24) is 0 Å². The third-order valence-corrected chi connectivity index (χ3v) is 2.86. The van der Waals surface area contributed by atoms with Gasteiger partial charge in [-0.15, -0.1) is 0 Å².